The van der Waals surface area contributed by atoms with E-state index in [0.717, 1.165) is 5.56 Å². The smallest absolute Gasteiger partial charge is 0.228 e. The molecule has 2 amide bonds. The standard InChI is InChI=1S/C20H24ClN3O3/c1-4-24-18(25)9-8-17(19(24)14-6-5-7-15(21)11-14)20(26)23(3)12-16-10-13(2)27-22-16/h5-7,10-11,17,19H,4,8-9,12H2,1-3H3/t17-,19+/m1/s1. The summed E-state index contributed by atoms with van der Waals surface area (Å²) in [5.41, 5.74) is 1.60. The second kappa shape index (κ2) is 8.13. The van der Waals surface area contributed by atoms with Crippen LogP contribution in [0.2, 0.25) is 5.02 Å². The predicted octanol–water partition coefficient (Wildman–Crippen LogP) is 3.59. The third kappa shape index (κ3) is 4.16. The van der Waals surface area contributed by atoms with Crippen molar-refractivity contribution in [2.75, 3.05) is 13.6 Å². The molecule has 0 saturated carbocycles. The van der Waals surface area contributed by atoms with Crippen molar-refractivity contribution < 1.29 is 14.1 Å². The van der Waals surface area contributed by atoms with Crippen LogP contribution < -0.4 is 0 Å². The molecular weight excluding hydrogens is 366 g/mol. The molecule has 6 nitrogen and oxygen atoms in total. The Kier molecular flexibility index (Phi) is 5.85. The summed E-state index contributed by atoms with van der Waals surface area (Å²) in [6.07, 6.45) is 0.895. The Morgan fingerprint density at radius 3 is 2.81 bits per heavy atom. The summed E-state index contributed by atoms with van der Waals surface area (Å²) in [5, 5.41) is 4.56. The maximum absolute atomic E-state index is 13.2. The summed E-state index contributed by atoms with van der Waals surface area (Å²) in [5.74, 6) is 0.454. The van der Waals surface area contributed by atoms with E-state index in [-0.39, 0.29) is 23.8 Å². The maximum atomic E-state index is 13.2. The van der Waals surface area contributed by atoms with E-state index in [4.69, 9.17) is 16.1 Å². The van der Waals surface area contributed by atoms with Crippen LogP contribution in [0.15, 0.2) is 34.9 Å². The highest BCUT2D eigenvalue weighted by atomic mass is 35.5. The average Bonchev–Trinajstić information content (AvgIpc) is 3.05. The number of rotatable bonds is 5. The molecule has 3 rings (SSSR count). The molecule has 0 bridgehead atoms. The van der Waals surface area contributed by atoms with Gasteiger partial charge in [0.1, 0.15) is 11.5 Å². The minimum Gasteiger partial charge on any atom is -0.361 e. The SMILES string of the molecule is CCN1C(=O)CC[C@@H](C(=O)N(C)Cc2cc(C)on2)[C@@H]1c1cccc(Cl)c1. The maximum Gasteiger partial charge on any atom is 0.228 e. The minimum atomic E-state index is -0.320. The monoisotopic (exact) mass is 389 g/mol. The van der Waals surface area contributed by atoms with Crippen molar-refractivity contribution in [3.63, 3.8) is 0 Å². The number of nitrogens with zero attached hydrogens (tertiary/aromatic N) is 3. The molecule has 1 fully saturated rings. The Bertz CT molecular complexity index is 835. The van der Waals surface area contributed by atoms with Crippen LogP contribution in [0.25, 0.3) is 0 Å². The van der Waals surface area contributed by atoms with E-state index >= 15 is 0 Å². The fraction of sp³-hybridized carbons (Fsp3) is 0.450. The van der Waals surface area contributed by atoms with Crippen molar-refractivity contribution in [1.82, 2.24) is 15.0 Å². The number of halogens is 1. The number of amides is 2. The van der Waals surface area contributed by atoms with E-state index in [2.05, 4.69) is 5.16 Å². The van der Waals surface area contributed by atoms with Gasteiger partial charge in [-0.2, -0.15) is 0 Å². The normalized spacial score (nSPS) is 20.0. The van der Waals surface area contributed by atoms with Crippen LogP contribution in [-0.2, 0) is 16.1 Å². The quantitative estimate of drug-likeness (QED) is 0.783. The molecule has 1 aromatic carbocycles. The van der Waals surface area contributed by atoms with Gasteiger partial charge in [-0.3, -0.25) is 9.59 Å². The molecule has 1 aliphatic rings. The zero-order valence-corrected chi connectivity index (χ0v) is 16.6. The van der Waals surface area contributed by atoms with Crippen LogP contribution in [0.4, 0.5) is 0 Å². The van der Waals surface area contributed by atoms with Crippen LogP contribution >= 0.6 is 11.6 Å². The van der Waals surface area contributed by atoms with Gasteiger partial charge in [0.15, 0.2) is 0 Å². The molecule has 0 N–H and O–H groups in total. The van der Waals surface area contributed by atoms with Crippen LogP contribution in [0, 0.1) is 12.8 Å². The van der Waals surface area contributed by atoms with Gasteiger partial charge in [-0.1, -0.05) is 28.9 Å². The Hall–Kier alpha value is -2.34. The highest BCUT2D eigenvalue weighted by Gasteiger charge is 2.41. The van der Waals surface area contributed by atoms with Gasteiger partial charge in [0.25, 0.3) is 0 Å². The van der Waals surface area contributed by atoms with Gasteiger partial charge in [-0.05, 0) is 38.0 Å². The van der Waals surface area contributed by atoms with Crippen molar-refractivity contribution in [3.05, 3.63) is 52.4 Å². The van der Waals surface area contributed by atoms with Crippen molar-refractivity contribution in [2.45, 2.75) is 39.3 Å². The highest BCUT2D eigenvalue weighted by Crippen LogP contribution is 2.38. The molecule has 0 unspecified atom stereocenters. The topological polar surface area (TPSA) is 66.7 Å². The largest absolute Gasteiger partial charge is 0.361 e. The summed E-state index contributed by atoms with van der Waals surface area (Å²) in [4.78, 5) is 29.2. The first kappa shape index (κ1) is 19.4. The number of carbonyl (C=O) groups excluding carboxylic acids is 2. The van der Waals surface area contributed by atoms with E-state index in [1.165, 1.54) is 0 Å². The number of benzene rings is 1. The Balaban J connectivity index is 1.88. The number of likely N-dealkylation sites (tertiary alicyclic amines) is 1. The van der Waals surface area contributed by atoms with E-state index < -0.39 is 0 Å². The zero-order valence-electron chi connectivity index (χ0n) is 15.8. The molecule has 1 aliphatic heterocycles. The molecule has 0 aliphatic carbocycles. The molecule has 144 valence electrons. The first-order chi connectivity index (χ1) is 12.9. The van der Waals surface area contributed by atoms with Crippen molar-refractivity contribution in [1.29, 1.82) is 0 Å². The fourth-order valence-electron chi connectivity index (χ4n) is 3.78. The lowest BCUT2D eigenvalue weighted by atomic mass is 9.83. The molecule has 2 heterocycles. The lowest BCUT2D eigenvalue weighted by molar-refractivity contribution is -0.147. The van der Waals surface area contributed by atoms with Gasteiger partial charge < -0.3 is 14.3 Å². The molecular formula is C20H24ClN3O3. The summed E-state index contributed by atoms with van der Waals surface area (Å²) in [7, 11) is 1.76. The van der Waals surface area contributed by atoms with Gasteiger partial charge in [-0.25, -0.2) is 0 Å². The van der Waals surface area contributed by atoms with E-state index in [1.54, 1.807) is 22.9 Å². The molecule has 0 radical (unpaired) electrons. The second-order valence-electron chi connectivity index (χ2n) is 6.95. The van der Waals surface area contributed by atoms with Crippen molar-refractivity contribution >= 4 is 23.4 Å². The highest BCUT2D eigenvalue weighted by molar-refractivity contribution is 6.30. The molecule has 1 saturated heterocycles. The summed E-state index contributed by atoms with van der Waals surface area (Å²) < 4.78 is 5.09. The van der Waals surface area contributed by atoms with Gasteiger partial charge in [0.05, 0.1) is 18.5 Å². The first-order valence-electron chi connectivity index (χ1n) is 9.12. The van der Waals surface area contributed by atoms with E-state index in [0.29, 0.717) is 42.4 Å². The molecule has 0 spiro atoms. The second-order valence-corrected chi connectivity index (χ2v) is 7.38. The Morgan fingerprint density at radius 1 is 1.41 bits per heavy atom. The van der Waals surface area contributed by atoms with Crippen LogP contribution in [0.3, 0.4) is 0 Å². The van der Waals surface area contributed by atoms with Crippen LogP contribution in [0.5, 0.6) is 0 Å². The molecule has 2 aromatic rings. The van der Waals surface area contributed by atoms with Gasteiger partial charge in [-0.15, -0.1) is 0 Å². The molecule has 7 heteroatoms. The van der Waals surface area contributed by atoms with Gasteiger partial charge >= 0.3 is 0 Å². The van der Waals surface area contributed by atoms with Crippen molar-refractivity contribution in [2.24, 2.45) is 5.92 Å². The fourth-order valence-corrected chi connectivity index (χ4v) is 3.98. The van der Waals surface area contributed by atoms with Crippen LogP contribution in [-0.4, -0.2) is 40.4 Å². The third-order valence-corrected chi connectivity index (χ3v) is 5.24. The molecule has 2 atom stereocenters. The number of hydrogen-bond acceptors (Lipinski definition) is 4. The number of hydrogen-bond donors (Lipinski definition) is 0. The Labute approximate surface area is 164 Å². The minimum absolute atomic E-state index is 0.00780. The lowest BCUT2D eigenvalue weighted by Gasteiger charge is -2.41. The van der Waals surface area contributed by atoms with Crippen molar-refractivity contribution in [3.8, 4) is 0 Å². The van der Waals surface area contributed by atoms with Crippen LogP contribution in [0.1, 0.15) is 42.8 Å². The number of aromatic nitrogens is 1. The predicted molar refractivity (Wildman–Crippen MR) is 102 cm³/mol. The number of carbonyl (C=O) groups is 2. The molecule has 27 heavy (non-hydrogen) atoms. The third-order valence-electron chi connectivity index (χ3n) is 5.01. The Morgan fingerprint density at radius 2 is 2.19 bits per heavy atom. The van der Waals surface area contributed by atoms with Gasteiger partial charge in [0.2, 0.25) is 11.8 Å². The average molecular weight is 390 g/mol. The van der Waals surface area contributed by atoms with E-state index in [1.807, 2.05) is 38.1 Å². The zero-order chi connectivity index (χ0) is 19.6. The van der Waals surface area contributed by atoms with Gasteiger partial charge in [0, 0.05) is 31.1 Å². The summed E-state index contributed by atoms with van der Waals surface area (Å²) >= 11 is 6.17. The first-order valence-corrected chi connectivity index (χ1v) is 9.50. The molecule has 1 aromatic heterocycles. The number of piperidine rings is 1. The van der Waals surface area contributed by atoms with E-state index in [9.17, 15) is 9.59 Å². The lowest BCUT2D eigenvalue weighted by Crippen LogP contribution is -2.48. The number of aryl methyl sites for hydroxylation is 1. The summed E-state index contributed by atoms with van der Waals surface area (Å²) in [6.45, 7) is 4.67. The summed E-state index contributed by atoms with van der Waals surface area (Å²) in [6, 6.07) is 8.92.